The fourth-order valence-electron chi connectivity index (χ4n) is 6.57. The Hall–Kier alpha value is -1.97. The molecule has 9 nitrogen and oxygen atoms in total. The zero-order valence-corrected chi connectivity index (χ0v) is 27.7. The predicted octanol–water partition coefficient (Wildman–Crippen LogP) is 6.31. The lowest BCUT2D eigenvalue weighted by Gasteiger charge is -2.42. The van der Waals surface area contributed by atoms with E-state index in [4.69, 9.17) is 23.7 Å². The van der Waals surface area contributed by atoms with Crippen molar-refractivity contribution in [2.24, 2.45) is 17.8 Å². The molecule has 0 radical (unpaired) electrons. The second kappa shape index (κ2) is 16.4. The fraction of sp³-hybridized carbons (Fsp3) is 0.853. The Labute approximate surface area is 259 Å². The van der Waals surface area contributed by atoms with Gasteiger partial charge in [0.25, 0.3) is 0 Å². The van der Waals surface area contributed by atoms with Crippen molar-refractivity contribution >= 4 is 17.8 Å². The number of carbonyl (C=O) groups excluding carboxylic acids is 3. The third kappa shape index (κ3) is 10.3. The first-order valence-electron chi connectivity index (χ1n) is 16.6. The standard InChI is InChI=1S/C34H57NO8/c1-8-26(36)14-12-10-9-11-13-19-35-32(38)40-21-25(24(4)5)20-29(37)42-27-17-18-34(22-41-34)31(30(27)39-7)33(6)28(43-33)16-15-23(2)3/h15,24-25,27-28,30-31H,8-14,16-22H2,1-7H3,(H,35,38)/t25-,27?,28+,30?,31?,33-,34-/m0/s1. The summed E-state index contributed by atoms with van der Waals surface area (Å²) in [5.41, 5.74) is 0.610. The van der Waals surface area contributed by atoms with Gasteiger partial charge in [0.05, 0.1) is 31.7 Å². The summed E-state index contributed by atoms with van der Waals surface area (Å²) < 4.78 is 29.8. The van der Waals surface area contributed by atoms with E-state index in [1.54, 1.807) is 7.11 Å². The summed E-state index contributed by atoms with van der Waals surface area (Å²) in [5, 5.41) is 2.81. The van der Waals surface area contributed by atoms with Crippen molar-refractivity contribution in [1.29, 1.82) is 0 Å². The first kappa shape index (κ1) is 35.5. The van der Waals surface area contributed by atoms with Gasteiger partial charge in [-0.15, -0.1) is 0 Å². The van der Waals surface area contributed by atoms with Gasteiger partial charge in [0.2, 0.25) is 0 Å². The summed E-state index contributed by atoms with van der Waals surface area (Å²) in [6.45, 7) is 13.6. The van der Waals surface area contributed by atoms with Gasteiger partial charge >= 0.3 is 12.1 Å². The topological polar surface area (TPSA) is 116 Å². The number of methoxy groups -OCH3 is 1. The van der Waals surface area contributed by atoms with Crippen molar-refractivity contribution < 1.29 is 38.1 Å². The summed E-state index contributed by atoms with van der Waals surface area (Å²) in [6, 6.07) is 0. The Balaban J connectivity index is 1.42. The highest BCUT2D eigenvalue weighted by molar-refractivity contribution is 5.77. The number of nitrogens with one attached hydrogen (secondary N) is 1. The number of hydrogen-bond acceptors (Lipinski definition) is 8. The van der Waals surface area contributed by atoms with Gasteiger partial charge in [-0.25, -0.2) is 4.79 Å². The molecule has 1 saturated carbocycles. The quantitative estimate of drug-likeness (QED) is 0.0786. The van der Waals surface area contributed by atoms with Gasteiger partial charge in [-0.3, -0.25) is 9.59 Å². The van der Waals surface area contributed by atoms with Gasteiger partial charge in [0.15, 0.2) is 0 Å². The van der Waals surface area contributed by atoms with Crippen molar-refractivity contribution in [2.75, 3.05) is 26.9 Å². The van der Waals surface area contributed by atoms with E-state index in [0.717, 1.165) is 44.9 Å². The zero-order chi connectivity index (χ0) is 31.6. The number of ketones is 1. The second-order valence-electron chi connectivity index (χ2n) is 13.5. The van der Waals surface area contributed by atoms with Gasteiger partial charge in [-0.1, -0.05) is 51.7 Å². The molecule has 0 bridgehead atoms. The first-order chi connectivity index (χ1) is 20.5. The minimum Gasteiger partial charge on any atom is -0.460 e. The predicted molar refractivity (Wildman–Crippen MR) is 165 cm³/mol. The van der Waals surface area contributed by atoms with Crippen LogP contribution in [0.2, 0.25) is 0 Å². The number of allylic oxidation sites excluding steroid dienone is 1. The van der Waals surface area contributed by atoms with E-state index in [1.165, 1.54) is 5.57 Å². The number of carbonyl (C=O) groups is 3. The number of esters is 1. The molecule has 43 heavy (non-hydrogen) atoms. The fourth-order valence-corrected chi connectivity index (χ4v) is 6.57. The maximum atomic E-state index is 13.2. The number of epoxide rings is 2. The monoisotopic (exact) mass is 607 g/mol. The minimum atomic E-state index is -0.461. The molecule has 2 aliphatic heterocycles. The van der Waals surface area contributed by atoms with Gasteiger partial charge in [-0.2, -0.15) is 0 Å². The number of amides is 1. The van der Waals surface area contributed by atoms with Crippen LogP contribution in [-0.4, -0.2) is 74.2 Å². The molecule has 0 aromatic heterocycles. The average molecular weight is 608 g/mol. The lowest BCUT2D eigenvalue weighted by Crippen LogP contribution is -2.55. The molecule has 7 atom stereocenters. The molecule has 1 aliphatic carbocycles. The van der Waals surface area contributed by atoms with Crippen LogP contribution < -0.4 is 5.32 Å². The van der Waals surface area contributed by atoms with Crippen LogP contribution in [-0.2, 0) is 33.3 Å². The van der Waals surface area contributed by atoms with Crippen LogP contribution >= 0.6 is 0 Å². The molecule has 246 valence electrons. The number of alkyl carbamates (subject to hydrolysis) is 1. The molecule has 2 saturated heterocycles. The molecule has 2 heterocycles. The summed E-state index contributed by atoms with van der Waals surface area (Å²) >= 11 is 0. The number of Topliss-reactive ketones (excluding diaryl/α,β-unsaturated/α-hetero) is 1. The highest BCUT2D eigenvalue weighted by Crippen LogP contribution is 2.59. The van der Waals surface area contributed by atoms with E-state index in [2.05, 4.69) is 32.2 Å². The number of ether oxygens (including phenoxy) is 5. The molecular weight excluding hydrogens is 550 g/mol. The van der Waals surface area contributed by atoms with Crippen molar-refractivity contribution in [1.82, 2.24) is 5.32 Å². The largest absolute Gasteiger partial charge is 0.460 e. The van der Waals surface area contributed by atoms with E-state index >= 15 is 0 Å². The number of hydrogen-bond donors (Lipinski definition) is 1. The average Bonchev–Trinajstić information content (AvgIpc) is 3.88. The number of unbranched alkanes of at least 4 members (excludes halogenated alkanes) is 4. The van der Waals surface area contributed by atoms with E-state index < -0.39 is 6.09 Å². The van der Waals surface area contributed by atoms with Crippen LogP contribution in [0.1, 0.15) is 112 Å². The maximum absolute atomic E-state index is 13.2. The first-order valence-corrected chi connectivity index (χ1v) is 16.6. The minimum absolute atomic E-state index is 0.0229. The summed E-state index contributed by atoms with van der Waals surface area (Å²) in [4.78, 5) is 36.8. The maximum Gasteiger partial charge on any atom is 0.407 e. The van der Waals surface area contributed by atoms with Crippen LogP contribution in [0, 0.1) is 17.8 Å². The SMILES string of the molecule is CCC(=O)CCCCCCCNC(=O)OC[C@H](CC(=O)OC1CC[C@]2(CO2)C([C@@]2(C)O[C@@H]2CC=C(C)C)C1OC)C(C)C. The van der Waals surface area contributed by atoms with Gasteiger partial charge in [0, 0.05) is 32.4 Å². The van der Waals surface area contributed by atoms with Crippen LogP contribution in [0.5, 0.6) is 0 Å². The highest BCUT2D eigenvalue weighted by Gasteiger charge is 2.72. The summed E-state index contributed by atoms with van der Waals surface area (Å²) in [5.74, 6) is -0.0202. The van der Waals surface area contributed by atoms with E-state index in [-0.39, 0.29) is 66.3 Å². The normalized spacial score (nSPS) is 30.0. The van der Waals surface area contributed by atoms with Crippen LogP contribution in [0.25, 0.3) is 0 Å². The third-order valence-corrected chi connectivity index (χ3v) is 9.62. The molecule has 1 spiro atoms. The third-order valence-electron chi connectivity index (χ3n) is 9.62. The van der Waals surface area contributed by atoms with E-state index in [9.17, 15) is 14.4 Å². The summed E-state index contributed by atoms with van der Waals surface area (Å²) in [7, 11) is 1.68. The molecule has 1 N–H and O–H groups in total. The van der Waals surface area contributed by atoms with Gasteiger partial charge in [0.1, 0.15) is 29.2 Å². The molecule has 9 heteroatoms. The molecule has 1 amide bonds. The van der Waals surface area contributed by atoms with Gasteiger partial charge < -0.3 is 29.0 Å². The van der Waals surface area contributed by atoms with Crippen LogP contribution in [0.3, 0.4) is 0 Å². The smallest absolute Gasteiger partial charge is 0.407 e. The summed E-state index contributed by atoms with van der Waals surface area (Å²) in [6.07, 6.45) is 9.80. The van der Waals surface area contributed by atoms with E-state index in [1.807, 2.05) is 20.8 Å². The molecule has 3 unspecified atom stereocenters. The Kier molecular flexibility index (Phi) is 13.5. The molecule has 3 aliphatic rings. The Morgan fingerprint density at radius 2 is 1.79 bits per heavy atom. The van der Waals surface area contributed by atoms with Crippen LogP contribution in [0.15, 0.2) is 11.6 Å². The molecule has 3 rings (SSSR count). The number of rotatable bonds is 19. The second-order valence-corrected chi connectivity index (χ2v) is 13.5. The molecule has 3 fully saturated rings. The Morgan fingerprint density at radius 3 is 2.42 bits per heavy atom. The molecule has 0 aromatic rings. The Morgan fingerprint density at radius 1 is 1.09 bits per heavy atom. The highest BCUT2D eigenvalue weighted by atomic mass is 16.6. The van der Waals surface area contributed by atoms with Crippen molar-refractivity contribution in [3.05, 3.63) is 11.6 Å². The van der Waals surface area contributed by atoms with Gasteiger partial charge in [-0.05, 0) is 58.8 Å². The van der Waals surface area contributed by atoms with Crippen molar-refractivity contribution in [3.8, 4) is 0 Å². The molecular formula is C34H57NO8. The van der Waals surface area contributed by atoms with Crippen molar-refractivity contribution in [3.63, 3.8) is 0 Å². The zero-order valence-electron chi connectivity index (χ0n) is 27.7. The molecule has 0 aromatic carbocycles. The lowest BCUT2D eigenvalue weighted by atomic mass is 9.68. The Bertz CT molecular complexity index is 956. The lowest BCUT2D eigenvalue weighted by molar-refractivity contribution is -0.173. The van der Waals surface area contributed by atoms with Crippen LogP contribution in [0.4, 0.5) is 4.79 Å². The van der Waals surface area contributed by atoms with Crippen molar-refractivity contribution in [2.45, 2.75) is 142 Å². The van der Waals surface area contributed by atoms with E-state index in [0.29, 0.717) is 38.2 Å².